The van der Waals surface area contributed by atoms with Crippen molar-refractivity contribution in [2.45, 2.75) is 57.8 Å². The fraction of sp³-hybridized carbons (Fsp3) is 0.750. The third-order valence-corrected chi connectivity index (χ3v) is 4.01. The Labute approximate surface area is 146 Å². The van der Waals surface area contributed by atoms with Crippen LogP contribution in [-0.2, 0) is 28.6 Å². The highest BCUT2D eigenvalue weighted by Crippen LogP contribution is 2.42. The highest BCUT2D eigenvalue weighted by Gasteiger charge is 2.58. The van der Waals surface area contributed by atoms with Gasteiger partial charge in [-0.25, -0.2) is 14.4 Å². The molecule has 1 aliphatic carbocycles. The number of carbonyl (C=O) groups excluding carboxylic acids is 3. The monoisotopic (exact) mass is 356 g/mol. The summed E-state index contributed by atoms with van der Waals surface area (Å²) in [6.07, 6.45) is -1.03. The van der Waals surface area contributed by atoms with Crippen LogP contribution in [0, 0.1) is 5.92 Å². The van der Waals surface area contributed by atoms with Crippen molar-refractivity contribution < 1.29 is 33.4 Å². The average Bonchev–Trinajstić information content (AvgIpc) is 3.02. The number of nitrogens with zero attached hydrogens (tertiary/aromatic N) is 1. The molecular weight excluding hydrogens is 332 g/mol. The molecule has 0 aromatic rings. The first kappa shape index (κ1) is 19.0. The van der Waals surface area contributed by atoms with E-state index < -0.39 is 41.2 Å². The van der Waals surface area contributed by atoms with Gasteiger partial charge in [-0.1, -0.05) is 5.16 Å². The van der Waals surface area contributed by atoms with Crippen LogP contribution < -0.4 is 5.32 Å². The van der Waals surface area contributed by atoms with E-state index in [2.05, 4.69) is 10.5 Å². The van der Waals surface area contributed by atoms with Crippen molar-refractivity contribution in [3.63, 3.8) is 0 Å². The predicted octanol–water partition coefficient (Wildman–Crippen LogP) is 1.15. The van der Waals surface area contributed by atoms with E-state index >= 15 is 0 Å². The normalized spacial score (nSPS) is 27.6. The zero-order valence-corrected chi connectivity index (χ0v) is 15.1. The third-order valence-electron chi connectivity index (χ3n) is 4.01. The summed E-state index contributed by atoms with van der Waals surface area (Å²) in [4.78, 5) is 41.8. The highest BCUT2D eigenvalue weighted by atomic mass is 16.6. The molecule has 1 N–H and O–H groups in total. The number of hydrogen-bond acceptors (Lipinski definition) is 8. The second kappa shape index (κ2) is 6.89. The maximum atomic E-state index is 12.4. The first-order chi connectivity index (χ1) is 11.6. The van der Waals surface area contributed by atoms with Crippen molar-refractivity contribution in [2.24, 2.45) is 11.1 Å². The van der Waals surface area contributed by atoms with Gasteiger partial charge in [-0.3, -0.25) is 0 Å². The summed E-state index contributed by atoms with van der Waals surface area (Å²) < 4.78 is 15.0. The fourth-order valence-corrected chi connectivity index (χ4v) is 3.06. The quantitative estimate of drug-likeness (QED) is 0.594. The molecule has 0 bridgehead atoms. The number of fused-ring (bicyclic) bond motifs is 1. The highest BCUT2D eigenvalue weighted by molar-refractivity contribution is 6.37. The number of methoxy groups -OCH3 is 1. The predicted molar refractivity (Wildman–Crippen MR) is 85.8 cm³/mol. The van der Waals surface area contributed by atoms with Crippen LogP contribution in [0.3, 0.4) is 0 Å². The van der Waals surface area contributed by atoms with Gasteiger partial charge in [0.1, 0.15) is 17.2 Å². The van der Waals surface area contributed by atoms with Gasteiger partial charge in [-0.15, -0.1) is 0 Å². The molecule has 2 aliphatic rings. The molecule has 0 spiro atoms. The van der Waals surface area contributed by atoms with Gasteiger partial charge in [0.05, 0.1) is 19.6 Å². The van der Waals surface area contributed by atoms with Crippen LogP contribution >= 0.6 is 0 Å². The minimum atomic E-state index is -1.35. The van der Waals surface area contributed by atoms with Crippen LogP contribution in [0.25, 0.3) is 0 Å². The molecule has 9 heteroatoms. The minimum Gasteiger partial charge on any atom is -0.467 e. The molecule has 1 fully saturated rings. The molecule has 0 aromatic carbocycles. The van der Waals surface area contributed by atoms with E-state index in [0.717, 1.165) is 0 Å². The van der Waals surface area contributed by atoms with Crippen LogP contribution in [0.5, 0.6) is 0 Å². The van der Waals surface area contributed by atoms with Gasteiger partial charge < -0.3 is 24.4 Å². The lowest BCUT2D eigenvalue weighted by Crippen LogP contribution is -2.55. The molecule has 0 radical (unpaired) electrons. The molecule has 1 heterocycles. The minimum absolute atomic E-state index is 0.112. The number of esters is 2. The van der Waals surface area contributed by atoms with E-state index in [-0.39, 0.29) is 25.2 Å². The van der Waals surface area contributed by atoms with Gasteiger partial charge in [0.25, 0.3) is 0 Å². The van der Waals surface area contributed by atoms with E-state index in [1.54, 1.807) is 27.7 Å². The SMILES string of the molecule is CCOC(=O)C1=NO[C@H]2C[C@](NC(=O)OC(C)(C)C)(C(=O)OC)C[C@@H]12. The largest absolute Gasteiger partial charge is 0.467 e. The van der Waals surface area contributed by atoms with Crippen LogP contribution in [0.15, 0.2) is 5.16 Å². The Hall–Kier alpha value is -2.32. The Kier molecular flexibility index (Phi) is 5.24. The zero-order chi connectivity index (χ0) is 18.8. The Morgan fingerprint density at radius 1 is 1.32 bits per heavy atom. The smallest absolute Gasteiger partial charge is 0.408 e. The number of oxime groups is 1. The number of ether oxygens (including phenoxy) is 3. The van der Waals surface area contributed by atoms with Gasteiger partial charge in [-0.2, -0.15) is 0 Å². The first-order valence-electron chi connectivity index (χ1n) is 8.12. The maximum absolute atomic E-state index is 12.4. The Balaban J connectivity index is 2.18. The van der Waals surface area contributed by atoms with E-state index in [1.165, 1.54) is 7.11 Å². The van der Waals surface area contributed by atoms with Crippen molar-refractivity contribution in [3.8, 4) is 0 Å². The van der Waals surface area contributed by atoms with Crippen molar-refractivity contribution >= 4 is 23.7 Å². The Morgan fingerprint density at radius 3 is 2.56 bits per heavy atom. The average molecular weight is 356 g/mol. The van der Waals surface area contributed by atoms with E-state index in [4.69, 9.17) is 19.0 Å². The number of nitrogens with one attached hydrogen (secondary N) is 1. The van der Waals surface area contributed by atoms with Crippen molar-refractivity contribution in [1.29, 1.82) is 0 Å². The Bertz CT molecular complexity index is 596. The first-order valence-corrected chi connectivity index (χ1v) is 8.12. The molecule has 0 aromatic heterocycles. The molecule has 1 saturated carbocycles. The summed E-state index contributed by atoms with van der Waals surface area (Å²) in [5.74, 6) is -1.68. The van der Waals surface area contributed by atoms with Gasteiger partial charge in [0.2, 0.25) is 0 Å². The lowest BCUT2D eigenvalue weighted by atomic mass is 9.94. The molecular formula is C16H24N2O7. The molecule has 2 rings (SSSR count). The molecule has 9 nitrogen and oxygen atoms in total. The molecule has 1 aliphatic heterocycles. The number of hydrogen-bond donors (Lipinski definition) is 1. The standard InChI is InChI=1S/C16H24N2O7/c1-6-23-12(19)11-9-7-16(13(20)22-5,8-10(9)25-18-11)17-14(21)24-15(2,3)4/h9-10H,6-8H2,1-5H3,(H,17,21)/t9-,10+,16+/m1/s1. The summed E-state index contributed by atoms with van der Waals surface area (Å²) in [5, 5.41) is 6.37. The van der Waals surface area contributed by atoms with Crippen LogP contribution in [0.4, 0.5) is 4.79 Å². The fourth-order valence-electron chi connectivity index (χ4n) is 3.06. The third kappa shape index (κ3) is 4.02. The summed E-state index contributed by atoms with van der Waals surface area (Å²) in [6, 6.07) is 0. The number of amides is 1. The second-order valence-electron chi connectivity index (χ2n) is 7.06. The molecule has 140 valence electrons. The van der Waals surface area contributed by atoms with Gasteiger partial charge in [0, 0.05) is 6.42 Å². The van der Waals surface area contributed by atoms with E-state index in [0.29, 0.717) is 0 Å². The lowest BCUT2D eigenvalue weighted by molar-refractivity contribution is -0.149. The van der Waals surface area contributed by atoms with Crippen molar-refractivity contribution in [2.75, 3.05) is 13.7 Å². The maximum Gasteiger partial charge on any atom is 0.408 e. The molecule has 0 unspecified atom stereocenters. The number of alkyl carbamates (subject to hydrolysis) is 1. The number of rotatable bonds is 4. The van der Waals surface area contributed by atoms with Crippen LogP contribution in [-0.4, -0.2) is 54.7 Å². The van der Waals surface area contributed by atoms with E-state index in [9.17, 15) is 14.4 Å². The van der Waals surface area contributed by atoms with Crippen molar-refractivity contribution in [3.05, 3.63) is 0 Å². The number of carbonyl (C=O) groups is 3. The summed E-state index contributed by atoms with van der Waals surface area (Å²) in [5.41, 5.74) is -1.95. The lowest BCUT2D eigenvalue weighted by Gasteiger charge is -2.29. The van der Waals surface area contributed by atoms with Crippen LogP contribution in [0.2, 0.25) is 0 Å². The Morgan fingerprint density at radius 2 is 2.00 bits per heavy atom. The topological polar surface area (TPSA) is 113 Å². The zero-order valence-electron chi connectivity index (χ0n) is 15.1. The van der Waals surface area contributed by atoms with Gasteiger partial charge in [0.15, 0.2) is 5.71 Å². The summed E-state index contributed by atoms with van der Waals surface area (Å²) >= 11 is 0. The van der Waals surface area contributed by atoms with Gasteiger partial charge in [-0.05, 0) is 34.1 Å². The van der Waals surface area contributed by atoms with E-state index in [1.807, 2.05) is 0 Å². The molecule has 3 atom stereocenters. The van der Waals surface area contributed by atoms with Crippen LogP contribution in [0.1, 0.15) is 40.5 Å². The summed E-state index contributed by atoms with van der Waals surface area (Å²) in [6.45, 7) is 7.04. The van der Waals surface area contributed by atoms with Crippen molar-refractivity contribution in [1.82, 2.24) is 5.32 Å². The molecule has 0 saturated heterocycles. The van der Waals surface area contributed by atoms with Gasteiger partial charge >= 0.3 is 18.0 Å². The second-order valence-corrected chi connectivity index (χ2v) is 7.06. The molecule has 1 amide bonds. The molecule has 25 heavy (non-hydrogen) atoms. The summed E-state index contributed by atoms with van der Waals surface area (Å²) in [7, 11) is 1.23.